The lowest BCUT2D eigenvalue weighted by Crippen LogP contribution is -2.43. The first-order valence-corrected chi connectivity index (χ1v) is 11.3. The fourth-order valence-electron chi connectivity index (χ4n) is 4.05. The van der Waals surface area contributed by atoms with E-state index < -0.39 is 18.2 Å². The van der Waals surface area contributed by atoms with Gasteiger partial charge in [0.25, 0.3) is 0 Å². The zero-order valence-corrected chi connectivity index (χ0v) is 19.7. The largest absolute Gasteiger partial charge is 0.458 e. The van der Waals surface area contributed by atoms with Gasteiger partial charge in [-0.3, -0.25) is 4.79 Å². The van der Waals surface area contributed by atoms with Crippen molar-refractivity contribution in [2.24, 2.45) is 17.8 Å². The Morgan fingerprint density at radius 2 is 1.97 bits per heavy atom. The SMILES string of the molecule is C/C=C(\C)C[C@H](C)C[C@H](C)[C@@H]1OC(=O)CC[C@H]1OC(=O)/C=C/C(C)=C/[C@H](CO)CCO. The average molecular weight is 437 g/mol. The second-order valence-electron chi connectivity index (χ2n) is 8.82. The van der Waals surface area contributed by atoms with Crippen LogP contribution in [0.5, 0.6) is 0 Å². The molecule has 1 aliphatic heterocycles. The highest BCUT2D eigenvalue weighted by atomic mass is 16.6. The van der Waals surface area contributed by atoms with E-state index in [0.29, 0.717) is 18.8 Å². The van der Waals surface area contributed by atoms with Gasteiger partial charge in [0.2, 0.25) is 0 Å². The van der Waals surface area contributed by atoms with Crippen LogP contribution in [0.15, 0.2) is 35.5 Å². The van der Waals surface area contributed by atoms with Crippen molar-refractivity contribution in [3.63, 3.8) is 0 Å². The van der Waals surface area contributed by atoms with E-state index in [1.54, 1.807) is 6.08 Å². The van der Waals surface area contributed by atoms with Crippen LogP contribution in [0.3, 0.4) is 0 Å². The minimum Gasteiger partial charge on any atom is -0.458 e. The fraction of sp³-hybridized carbons (Fsp3) is 0.680. The molecule has 1 aliphatic rings. The van der Waals surface area contributed by atoms with Crippen LogP contribution in [0.1, 0.15) is 66.7 Å². The topological polar surface area (TPSA) is 93.1 Å². The van der Waals surface area contributed by atoms with Crippen LogP contribution < -0.4 is 0 Å². The van der Waals surface area contributed by atoms with Crippen molar-refractivity contribution in [2.45, 2.75) is 78.9 Å². The van der Waals surface area contributed by atoms with Crippen LogP contribution in [-0.2, 0) is 19.1 Å². The summed E-state index contributed by atoms with van der Waals surface area (Å²) in [5, 5.41) is 18.3. The molecule has 1 rings (SSSR count). The maximum atomic E-state index is 12.4. The molecule has 0 radical (unpaired) electrons. The maximum Gasteiger partial charge on any atom is 0.331 e. The number of ether oxygens (including phenoxy) is 2. The van der Waals surface area contributed by atoms with Crippen molar-refractivity contribution in [1.29, 1.82) is 0 Å². The molecule has 6 heteroatoms. The first kappa shape index (κ1) is 27.1. The number of esters is 2. The Balaban J connectivity index is 2.73. The van der Waals surface area contributed by atoms with Gasteiger partial charge in [-0.25, -0.2) is 4.79 Å². The predicted octanol–water partition coefficient (Wildman–Crippen LogP) is 4.12. The summed E-state index contributed by atoms with van der Waals surface area (Å²) >= 11 is 0. The summed E-state index contributed by atoms with van der Waals surface area (Å²) in [7, 11) is 0. The number of carbonyl (C=O) groups is 2. The van der Waals surface area contributed by atoms with Gasteiger partial charge in [0.1, 0.15) is 12.2 Å². The van der Waals surface area contributed by atoms with E-state index in [9.17, 15) is 14.7 Å². The number of aliphatic hydroxyl groups excluding tert-OH is 2. The Morgan fingerprint density at radius 1 is 1.26 bits per heavy atom. The molecule has 0 amide bonds. The summed E-state index contributed by atoms with van der Waals surface area (Å²) in [6.45, 7) is 10.1. The first-order valence-electron chi connectivity index (χ1n) is 11.3. The van der Waals surface area contributed by atoms with E-state index in [-0.39, 0.29) is 37.4 Å². The molecule has 0 aliphatic carbocycles. The Hall–Kier alpha value is -1.92. The normalized spacial score (nSPS) is 23.4. The molecule has 6 nitrogen and oxygen atoms in total. The van der Waals surface area contributed by atoms with Crippen molar-refractivity contribution < 1.29 is 29.3 Å². The third kappa shape index (κ3) is 10.3. The van der Waals surface area contributed by atoms with Gasteiger partial charge in [0.05, 0.1) is 0 Å². The number of hydrogen-bond acceptors (Lipinski definition) is 6. The van der Waals surface area contributed by atoms with Gasteiger partial charge >= 0.3 is 11.9 Å². The van der Waals surface area contributed by atoms with Gasteiger partial charge in [-0.1, -0.05) is 43.2 Å². The molecule has 1 fully saturated rings. The van der Waals surface area contributed by atoms with Crippen molar-refractivity contribution in [2.75, 3.05) is 13.2 Å². The van der Waals surface area contributed by atoms with E-state index in [2.05, 4.69) is 19.9 Å². The summed E-state index contributed by atoms with van der Waals surface area (Å²) < 4.78 is 11.3. The Kier molecular flexibility index (Phi) is 12.4. The molecule has 0 saturated carbocycles. The third-order valence-corrected chi connectivity index (χ3v) is 5.75. The molecule has 0 aromatic heterocycles. The highest BCUT2D eigenvalue weighted by molar-refractivity contribution is 5.82. The second kappa shape index (κ2) is 14.2. The van der Waals surface area contributed by atoms with Crippen LogP contribution >= 0.6 is 0 Å². The third-order valence-electron chi connectivity index (χ3n) is 5.75. The van der Waals surface area contributed by atoms with Gasteiger partial charge in [-0.15, -0.1) is 0 Å². The quantitative estimate of drug-likeness (QED) is 0.207. The van der Waals surface area contributed by atoms with Crippen molar-refractivity contribution in [3.8, 4) is 0 Å². The Bertz CT molecular complexity index is 663. The van der Waals surface area contributed by atoms with Gasteiger partial charge in [-0.2, -0.15) is 0 Å². The first-order chi connectivity index (χ1) is 14.7. The van der Waals surface area contributed by atoms with E-state index in [1.165, 1.54) is 11.6 Å². The van der Waals surface area contributed by atoms with Crippen LogP contribution in [0.25, 0.3) is 0 Å². The van der Waals surface area contributed by atoms with Crippen molar-refractivity contribution in [3.05, 3.63) is 35.5 Å². The summed E-state index contributed by atoms with van der Waals surface area (Å²) in [5.41, 5.74) is 2.14. The molecule has 0 bridgehead atoms. The molecule has 0 spiro atoms. The zero-order chi connectivity index (χ0) is 23.4. The van der Waals surface area contributed by atoms with Gasteiger partial charge < -0.3 is 19.7 Å². The summed E-state index contributed by atoms with van der Waals surface area (Å²) in [6.07, 6.45) is 9.08. The zero-order valence-electron chi connectivity index (χ0n) is 19.7. The number of rotatable bonds is 12. The highest BCUT2D eigenvalue weighted by Crippen LogP contribution is 2.30. The van der Waals surface area contributed by atoms with E-state index in [4.69, 9.17) is 14.6 Å². The minimum atomic E-state index is -0.478. The minimum absolute atomic E-state index is 0.00630. The molecule has 0 unspecified atom stereocenters. The number of allylic oxidation sites excluding steroid dienone is 4. The monoisotopic (exact) mass is 436 g/mol. The van der Waals surface area contributed by atoms with E-state index in [0.717, 1.165) is 18.4 Å². The summed E-state index contributed by atoms with van der Waals surface area (Å²) in [4.78, 5) is 24.3. The molecule has 176 valence electrons. The Labute approximate surface area is 187 Å². The second-order valence-corrected chi connectivity index (χ2v) is 8.82. The lowest BCUT2D eigenvalue weighted by molar-refractivity contribution is -0.180. The maximum absolute atomic E-state index is 12.4. The lowest BCUT2D eigenvalue weighted by Gasteiger charge is -2.35. The summed E-state index contributed by atoms with van der Waals surface area (Å²) in [6, 6.07) is 0. The molecular weight excluding hydrogens is 396 g/mol. The van der Waals surface area contributed by atoms with Crippen LogP contribution in [0, 0.1) is 17.8 Å². The van der Waals surface area contributed by atoms with Crippen molar-refractivity contribution >= 4 is 11.9 Å². The van der Waals surface area contributed by atoms with Crippen LogP contribution in [0.2, 0.25) is 0 Å². The highest BCUT2D eigenvalue weighted by Gasteiger charge is 2.37. The molecule has 1 saturated heterocycles. The fourth-order valence-corrected chi connectivity index (χ4v) is 4.05. The van der Waals surface area contributed by atoms with Crippen LogP contribution in [-0.4, -0.2) is 47.6 Å². The standard InChI is InChI=1S/C25H40O6/c1-6-17(2)13-19(4)14-20(5)25-22(8-10-24(29)31-25)30-23(28)9-7-18(3)15-21(16-27)11-12-26/h6-7,9,15,19-22,25-27H,8,10-14,16H2,1-5H3/b9-7+,17-6+,18-15+/t19-,20-,21+,22+,25-/m0/s1. The average Bonchev–Trinajstić information content (AvgIpc) is 2.72. The number of carbonyl (C=O) groups excluding carboxylic acids is 2. The lowest BCUT2D eigenvalue weighted by atomic mass is 9.85. The molecule has 31 heavy (non-hydrogen) atoms. The van der Waals surface area contributed by atoms with Gasteiger partial charge in [-0.05, 0) is 58.3 Å². The summed E-state index contributed by atoms with van der Waals surface area (Å²) in [5.74, 6) is -0.352. The molecule has 2 N–H and O–H groups in total. The molecule has 0 aromatic carbocycles. The number of cyclic esters (lactones) is 1. The number of hydrogen-bond donors (Lipinski definition) is 2. The van der Waals surface area contributed by atoms with Crippen LogP contribution in [0.4, 0.5) is 0 Å². The van der Waals surface area contributed by atoms with Gasteiger partial charge in [0.15, 0.2) is 0 Å². The molecule has 1 heterocycles. The molecular formula is C25H40O6. The predicted molar refractivity (Wildman–Crippen MR) is 121 cm³/mol. The van der Waals surface area contributed by atoms with Gasteiger partial charge in [0, 0.05) is 31.6 Å². The smallest absolute Gasteiger partial charge is 0.331 e. The molecule has 0 aromatic rings. The Morgan fingerprint density at radius 3 is 2.58 bits per heavy atom. The van der Waals surface area contributed by atoms with E-state index >= 15 is 0 Å². The molecule has 5 atom stereocenters. The van der Waals surface area contributed by atoms with Crippen molar-refractivity contribution in [1.82, 2.24) is 0 Å². The van der Waals surface area contributed by atoms with E-state index in [1.807, 2.05) is 26.8 Å². The number of aliphatic hydroxyl groups is 2.